The van der Waals surface area contributed by atoms with E-state index in [0.717, 1.165) is 43.1 Å². The highest BCUT2D eigenvalue weighted by atomic mass is 16.5. The third-order valence-electron chi connectivity index (χ3n) is 4.89. The van der Waals surface area contributed by atoms with Crippen molar-refractivity contribution in [1.82, 2.24) is 20.0 Å². The average molecular weight is 365 g/mol. The largest absolute Gasteiger partial charge is 0.497 e. The Kier molecular flexibility index (Phi) is 5.02. The van der Waals surface area contributed by atoms with Gasteiger partial charge in [-0.1, -0.05) is 17.3 Å². The second-order valence-electron chi connectivity index (χ2n) is 6.62. The highest BCUT2D eigenvalue weighted by Gasteiger charge is 2.30. The normalized spacial score (nSPS) is 17.2. The summed E-state index contributed by atoms with van der Waals surface area (Å²) in [6, 6.07) is 12.2. The van der Waals surface area contributed by atoms with Crippen LogP contribution in [-0.2, 0) is 6.54 Å². The summed E-state index contributed by atoms with van der Waals surface area (Å²) in [6.45, 7) is 1.84. The minimum atomic E-state index is 0.141. The Hall–Kier alpha value is -2.93. The molecule has 0 amide bonds. The van der Waals surface area contributed by atoms with E-state index in [0.29, 0.717) is 11.7 Å². The molecular weight excluding hydrogens is 342 g/mol. The van der Waals surface area contributed by atoms with Crippen molar-refractivity contribution < 1.29 is 9.26 Å². The molecule has 1 aliphatic rings. The molecular formula is C20H23N5O2. The van der Waals surface area contributed by atoms with Gasteiger partial charge in [-0.15, -0.1) is 0 Å². The zero-order valence-electron chi connectivity index (χ0n) is 15.6. The van der Waals surface area contributed by atoms with Gasteiger partial charge >= 0.3 is 0 Å². The summed E-state index contributed by atoms with van der Waals surface area (Å²) in [5.74, 6) is 2.93. The number of nitrogens with zero attached hydrogens (tertiary/aromatic N) is 4. The van der Waals surface area contributed by atoms with Crippen molar-refractivity contribution in [3.05, 3.63) is 54.0 Å². The standard InChI is InChI=1S/C20H23N5O2/c1-21-18-9-8-15(12-22-18)19-23-20(27-24-19)17-7-4-10-25(17)13-14-5-3-6-16(11-14)26-2/h3,5-6,8-9,11-12,17H,4,7,10,13H2,1-2H3,(H,21,22)/t17-/m1/s1. The Bertz CT molecular complexity index is 893. The molecule has 4 rings (SSSR count). The first-order valence-electron chi connectivity index (χ1n) is 9.11. The molecule has 1 atom stereocenters. The van der Waals surface area contributed by atoms with Crippen LogP contribution >= 0.6 is 0 Å². The van der Waals surface area contributed by atoms with Gasteiger partial charge in [0.2, 0.25) is 11.7 Å². The molecule has 3 aromatic rings. The van der Waals surface area contributed by atoms with Crippen molar-refractivity contribution in [1.29, 1.82) is 0 Å². The molecule has 2 aromatic heterocycles. The maximum atomic E-state index is 5.60. The van der Waals surface area contributed by atoms with Crippen molar-refractivity contribution in [3.8, 4) is 17.1 Å². The molecule has 1 aromatic carbocycles. The lowest BCUT2D eigenvalue weighted by molar-refractivity contribution is 0.201. The first kappa shape index (κ1) is 17.5. The molecule has 140 valence electrons. The zero-order valence-corrected chi connectivity index (χ0v) is 15.6. The Balaban J connectivity index is 1.51. The third-order valence-corrected chi connectivity index (χ3v) is 4.89. The fourth-order valence-corrected chi connectivity index (χ4v) is 3.46. The van der Waals surface area contributed by atoms with Crippen molar-refractivity contribution in [3.63, 3.8) is 0 Å². The molecule has 0 spiro atoms. The van der Waals surface area contributed by atoms with Crippen LogP contribution in [0.25, 0.3) is 11.4 Å². The minimum absolute atomic E-state index is 0.141. The van der Waals surface area contributed by atoms with Crippen LogP contribution in [0.4, 0.5) is 5.82 Å². The second-order valence-corrected chi connectivity index (χ2v) is 6.62. The third kappa shape index (κ3) is 3.78. The second kappa shape index (κ2) is 7.75. The topological polar surface area (TPSA) is 76.3 Å². The van der Waals surface area contributed by atoms with Gasteiger partial charge in [-0.05, 0) is 49.2 Å². The number of anilines is 1. The molecule has 7 nitrogen and oxygen atoms in total. The fourth-order valence-electron chi connectivity index (χ4n) is 3.46. The molecule has 7 heteroatoms. The monoisotopic (exact) mass is 365 g/mol. The van der Waals surface area contributed by atoms with Crippen molar-refractivity contribution in [2.24, 2.45) is 0 Å². The summed E-state index contributed by atoms with van der Waals surface area (Å²) in [5, 5.41) is 7.16. The average Bonchev–Trinajstić information content (AvgIpc) is 3.37. The van der Waals surface area contributed by atoms with Gasteiger partial charge < -0.3 is 14.6 Å². The zero-order chi connectivity index (χ0) is 18.6. The summed E-state index contributed by atoms with van der Waals surface area (Å²) >= 11 is 0. The number of likely N-dealkylation sites (tertiary alicyclic amines) is 1. The lowest BCUT2D eigenvalue weighted by atomic mass is 10.1. The van der Waals surface area contributed by atoms with Gasteiger partial charge in [0.15, 0.2) is 0 Å². The van der Waals surface area contributed by atoms with Crippen LogP contribution in [0.1, 0.15) is 30.3 Å². The number of ether oxygens (including phenoxy) is 1. The molecule has 3 heterocycles. The van der Waals surface area contributed by atoms with Crippen LogP contribution in [0.3, 0.4) is 0 Å². The SMILES string of the molecule is CNc1ccc(-c2noc([C@H]3CCCN3Cc3cccc(OC)c3)n2)cn1. The first-order chi connectivity index (χ1) is 13.3. The maximum Gasteiger partial charge on any atom is 0.244 e. The van der Waals surface area contributed by atoms with Crippen LogP contribution in [0.2, 0.25) is 0 Å². The van der Waals surface area contributed by atoms with Crippen LogP contribution in [-0.4, -0.2) is 40.7 Å². The van der Waals surface area contributed by atoms with E-state index in [1.165, 1.54) is 5.56 Å². The van der Waals surface area contributed by atoms with E-state index < -0.39 is 0 Å². The van der Waals surface area contributed by atoms with Crippen molar-refractivity contribution in [2.45, 2.75) is 25.4 Å². The van der Waals surface area contributed by atoms with E-state index in [1.807, 2.05) is 31.3 Å². The smallest absolute Gasteiger partial charge is 0.244 e. The molecule has 0 aliphatic carbocycles. The van der Waals surface area contributed by atoms with Gasteiger partial charge in [-0.2, -0.15) is 4.98 Å². The minimum Gasteiger partial charge on any atom is -0.497 e. The Morgan fingerprint density at radius 3 is 3.00 bits per heavy atom. The van der Waals surface area contributed by atoms with Crippen LogP contribution in [0.15, 0.2) is 47.1 Å². The van der Waals surface area contributed by atoms with Gasteiger partial charge in [0, 0.05) is 25.4 Å². The highest BCUT2D eigenvalue weighted by Crippen LogP contribution is 2.33. The lowest BCUT2D eigenvalue weighted by Gasteiger charge is -2.21. The Labute approximate surface area is 158 Å². The van der Waals surface area contributed by atoms with E-state index in [-0.39, 0.29) is 6.04 Å². The highest BCUT2D eigenvalue weighted by molar-refractivity contribution is 5.55. The van der Waals surface area contributed by atoms with Gasteiger partial charge in [-0.25, -0.2) is 4.98 Å². The molecule has 0 saturated carbocycles. The van der Waals surface area contributed by atoms with Crippen LogP contribution in [0.5, 0.6) is 5.75 Å². The number of methoxy groups -OCH3 is 1. The van der Waals surface area contributed by atoms with Gasteiger partial charge in [0.05, 0.1) is 13.2 Å². The molecule has 27 heavy (non-hydrogen) atoms. The lowest BCUT2D eigenvalue weighted by Crippen LogP contribution is -2.23. The summed E-state index contributed by atoms with van der Waals surface area (Å²) in [4.78, 5) is 11.3. The Morgan fingerprint density at radius 1 is 1.30 bits per heavy atom. The number of benzene rings is 1. The maximum absolute atomic E-state index is 5.60. The van der Waals surface area contributed by atoms with E-state index in [2.05, 4.69) is 37.5 Å². The van der Waals surface area contributed by atoms with E-state index in [4.69, 9.17) is 9.26 Å². The van der Waals surface area contributed by atoms with Crippen molar-refractivity contribution >= 4 is 5.82 Å². The summed E-state index contributed by atoms with van der Waals surface area (Å²) < 4.78 is 10.9. The summed E-state index contributed by atoms with van der Waals surface area (Å²) in [5.41, 5.74) is 2.06. The number of aromatic nitrogens is 3. The molecule has 0 radical (unpaired) electrons. The quantitative estimate of drug-likeness (QED) is 0.716. The number of pyridine rings is 1. The fraction of sp³-hybridized carbons (Fsp3) is 0.350. The van der Waals surface area contributed by atoms with Crippen LogP contribution in [0, 0.1) is 0 Å². The number of nitrogens with one attached hydrogen (secondary N) is 1. The van der Waals surface area contributed by atoms with Gasteiger partial charge in [0.25, 0.3) is 0 Å². The van der Waals surface area contributed by atoms with E-state index in [1.54, 1.807) is 13.3 Å². The van der Waals surface area contributed by atoms with Crippen LogP contribution < -0.4 is 10.1 Å². The molecule has 0 unspecified atom stereocenters. The Morgan fingerprint density at radius 2 is 2.22 bits per heavy atom. The molecule has 1 saturated heterocycles. The molecule has 1 N–H and O–H groups in total. The van der Waals surface area contributed by atoms with Crippen molar-refractivity contribution in [2.75, 3.05) is 26.0 Å². The molecule has 1 fully saturated rings. The van der Waals surface area contributed by atoms with E-state index in [9.17, 15) is 0 Å². The van der Waals surface area contributed by atoms with Gasteiger partial charge in [0.1, 0.15) is 11.6 Å². The predicted molar refractivity (Wildman–Crippen MR) is 102 cm³/mol. The summed E-state index contributed by atoms with van der Waals surface area (Å²) in [6.07, 6.45) is 3.89. The predicted octanol–water partition coefficient (Wildman–Crippen LogP) is 3.52. The van der Waals surface area contributed by atoms with E-state index >= 15 is 0 Å². The first-order valence-corrected chi connectivity index (χ1v) is 9.11. The van der Waals surface area contributed by atoms with Gasteiger partial charge in [-0.3, -0.25) is 4.90 Å². The summed E-state index contributed by atoms with van der Waals surface area (Å²) in [7, 11) is 3.53. The molecule has 0 bridgehead atoms. The number of hydrogen-bond donors (Lipinski definition) is 1. The molecule has 1 aliphatic heterocycles. The number of hydrogen-bond acceptors (Lipinski definition) is 7. The number of rotatable bonds is 6.